The van der Waals surface area contributed by atoms with Crippen LogP contribution < -0.4 is 25.3 Å². The van der Waals surface area contributed by atoms with E-state index < -0.39 is 0 Å². The summed E-state index contributed by atoms with van der Waals surface area (Å²) in [4.78, 5) is 4.45. The molecule has 0 spiro atoms. The Morgan fingerprint density at radius 1 is 1.00 bits per heavy atom. The molecule has 0 bridgehead atoms. The standard InChI is InChI=1S/C21H29N3O3.HI/c1-15(17-7-5-6-8-18(17)25-2)14-24-21(22)23-12-11-16-9-10-19(26-3)20(13-16)27-4;/h5-10,13,15H,11-12,14H2,1-4H3,(H3,22,23,24);1H. The number of nitrogens with two attached hydrogens (primary N) is 1. The van der Waals surface area contributed by atoms with E-state index in [1.54, 1.807) is 21.3 Å². The molecule has 3 N–H and O–H groups in total. The van der Waals surface area contributed by atoms with Crippen molar-refractivity contribution < 1.29 is 14.2 Å². The summed E-state index contributed by atoms with van der Waals surface area (Å²) in [6.07, 6.45) is 0.804. The van der Waals surface area contributed by atoms with Crippen LogP contribution in [0.5, 0.6) is 17.2 Å². The van der Waals surface area contributed by atoms with Gasteiger partial charge in [0, 0.05) is 19.0 Å². The zero-order valence-electron chi connectivity index (χ0n) is 16.9. The molecule has 0 radical (unpaired) electrons. The maximum absolute atomic E-state index is 6.00. The molecule has 0 aliphatic rings. The van der Waals surface area contributed by atoms with Crippen molar-refractivity contribution in [2.24, 2.45) is 10.7 Å². The zero-order chi connectivity index (χ0) is 19.6. The second-order valence-corrected chi connectivity index (χ2v) is 6.24. The highest BCUT2D eigenvalue weighted by Gasteiger charge is 2.10. The number of nitrogens with zero attached hydrogens (tertiary/aromatic N) is 1. The summed E-state index contributed by atoms with van der Waals surface area (Å²) in [5, 5.41) is 3.16. The van der Waals surface area contributed by atoms with Gasteiger partial charge in [-0.3, -0.25) is 4.99 Å². The molecule has 2 aromatic rings. The Balaban J connectivity index is 0.00000392. The fourth-order valence-corrected chi connectivity index (χ4v) is 2.83. The van der Waals surface area contributed by atoms with Crippen LogP contribution in [-0.4, -0.2) is 40.4 Å². The van der Waals surface area contributed by atoms with Gasteiger partial charge in [0.2, 0.25) is 0 Å². The van der Waals surface area contributed by atoms with E-state index in [-0.39, 0.29) is 29.9 Å². The van der Waals surface area contributed by atoms with Crippen LogP contribution in [0.1, 0.15) is 24.0 Å². The van der Waals surface area contributed by atoms with E-state index in [4.69, 9.17) is 19.9 Å². The van der Waals surface area contributed by atoms with E-state index in [1.165, 1.54) is 0 Å². The summed E-state index contributed by atoms with van der Waals surface area (Å²) < 4.78 is 16.0. The van der Waals surface area contributed by atoms with Crippen LogP contribution in [0.2, 0.25) is 0 Å². The summed E-state index contributed by atoms with van der Waals surface area (Å²) in [6.45, 7) is 3.39. The van der Waals surface area contributed by atoms with Gasteiger partial charge in [0.05, 0.1) is 21.3 Å². The van der Waals surface area contributed by atoms with Crippen molar-refractivity contribution in [2.45, 2.75) is 19.3 Å². The summed E-state index contributed by atoms with van der Waals surface area (Å²) in [5.74, 6) is 2.98. The monoisotopic (exact) mass is 499 g/mol. The van der Waals surface area contributed by atoms with Gasteiger partial charge < -0.3 is 25.3 Å². The summed E-state index contributed by atoms with van der Waals surface area (Å²) in [6, 6.07) is 13.9. The van der Waals surface area contributed by atoms with Crippen LogP contribution in [0.15, 0.2) is 47.5 Å². The van der Waals surface area contributed by atoms with Gasteiger partial charge >= 0.3 is 0 Å². The Hall–Kier alpha value is -2.16. The molecular weight excluding hydrogens is 469 g/mol. The van der Waals surface area contributed by atoms with Crippen LogP contribution in [0, 0.1) is 0 Å². The fourth-order valence-electron chi connectivity index (χ4n) is 2.83. The number of methoxy groups -OCH3 is 3. The molecule has 0 saturated carbocycles. The number of guanidine groups is 1. The van der Waals surface area contributed by atoms with Crippen LogP contribution in [-0.2, 0) is 6.42 Å². The Bertz CT molecular complexity index is 768. The van der Waals surface area contributed by atoms with Crippen molar-refractivity contribution >= 4 is 29.9 Å². The topological polar surface area (TPSA) is 78.1 Å². The molecule has 1 unspecified atom stereocenters. The lowest BCUT2D eigenvalue weighted by Crippen LogP contribution is -2.33. The van der Waals surface area contributed by atoms with Crippen LogP contribution >= 0.6 is 24.0 Å². The van der Waals surface area contributed by atoms with E-state index in [9.17, 15) is 0 Å². The van der Waals surface area contributed by atoms with Crippen molar-refractivity contribution in [3.8, 4) is 17.2 Å². The number of halogens is 1. The average molecular weight is 499 g/mol. The lowest BCUT2D eigenvalue weighted by atomic mass is 10.0. The molecule has 0 aliphatic heterocycles. The smallest absolute Gasteiger partial charge is 0.188 e. The number of rotatable bonds is 9. The van der Waals surface area contributed by atoms with Crippen LogP contribution in [0.4, 0.5) is 0 Å². The third-order valence-electron chi connectivity index (χ3n) is 4.37. The van der Waals surface area contributed by atoms with Crippen molar-refractivity contribution in [3.63, 3.8) is 0 Å². The van der Waals surface area contributed by atoms with Crippen molar-refractivity contribution in [3.05, 3.63) is 53.6 Å². The molecule has 1 atom stereocenters. The Kier molecular flexibility index (Phi) is 10.5. The SMILES string of the molecule is COc1ccc(CCNC(N)=NCC(C)c2ccccc2OC)cc1OC.I. The third-order valence-corrected chi connectivity index (χ3v) is 4.37. The van der Waals surface area contributed by atoms with Gasteiger partial charge in [-0.15, -0.1) is 24.0 Å². The minimum Gasteiger partial charge on any atom is -0.496 e. The Morgan fingerprint density at radius 3 is 2.36 bits per heavy atom. The first-order valence-electron chi connectivity index (χ1n) is 8.96. The molecule has 154 valence electrons. The first-order chi connectivity index (χ1) is 13.1. The first kappa shape index (κ1) is 23.9. The summed E-state index contributed by atoms with van der Waals surface area (Å²) in [7, 11) is 4.94. The molecule has 0 aromatic heterocycles. The van der Waals surface area contributed by atoms with Crippen LogP contribution in [0.25, 0.3) is 0 Å². The molecule has 0 heterocycles. The highest BCUT2D eigenvalue weighted by atomic mass is 127. The number of hydrogen-bond donors (Lipinski definition) is 2. The minimum atomic E-state index is 0. The molecule has 6 nitrogen and oxygen atoms in total. The van der Waals surface area contributed by atoms with Crippen molar-refractivity contribution in [2.75, 3.05) is 34.4 Å². The maximum Gasteiger partial charge on any atom is 0.188 e. The molecule has 2 aromatic carbocycles. The first-order valence-corrected chi connectivity index (χ1v) is 8.96. The highest BCUT2D eigenvalue weighted by molar-refractivity contribution is 14.0. The molecule has 2 rings (SSSR count). The van der Waals surface area contributed by atoms with Crippen molar-refractivity contribution in [1.29, 1.82) is 0 Å². The number of para-hydroxylation sites is 1. The third kappa shape index (κ3) is 6.78. The summed E-state index contributed by atoms with van der Waals surface area (Å²) >= 11 is 0. The van der Waals surface area contributed by atoms with Gasteiger partial charge in [0.1, 0.15) is 5.75 Å². The predicted molar refractivity (Wildman–Crippen MR) is 125 cm³/mol. The summed E-state index contributed by atoms with van der Waals surface area (Å²) in [5.41, 5.74) is 8.26. The molecule has 7 heteroatoms. The van der Waals surface area contributed by atoms with Gasteiger partial charge in [-0.05, 0) is 35.7 Å². The quantitative estimate of drug-likeness (QED) is 0.314. The van der Waals surface area contributed by atoms with Crippen LogP contribution in [0.3, 0.4) is 0 Å². The van der Waals surface area contributed by atoms with E-state index >= 15 is 0 Å². The molecule has 0 saturated heterocycles. The fraction of sp³-hybridized carbons (Fsp3) is 0.381. The number of aliphatic imine (C=N–C) groups is 1. The zero-order valence-corrected chi connectivity index (χ0v) is 19.2. The molecular formula is C21H30IN3O3. The minimum absolute atomic E-state index is 0. The van der Waals surface area contributed by atoms with E-state index in [0.29, 0.717) is 19.0 Å². The molecule has 0 fully saturated rings. The predicted octanol–water partition coefficient (Wildman–Crippen LogP) is 3.58. The van der Waals surface area contributed by atoms with Gasteiger partial charge in [-0.2, -0.15) is 0 Å². The van der Waals surface area contributed by atoms with Crippen molar-refractivity contribution in [1.82, 2.24) is 5.32 Å². The lowest BCUT2D eigenvalue weighted by Gasteiger charge is -2.14. The second-order valence-electron chi connectivity index (χ2n) is 6.24. The number of nitrogens with one attached hydrogen (secondary N) is 1. The number of ether oxygens (including phenoxy) is 3. The highest BCUT2D eigenvalue weighted by Crippen LogP contribution is 2.28. The normalized spacial score (nSPS) is 11.9. The van der Waals surface area contributed by atoms with Gasteiger partial charge in [-0.25, -0.2) is 0 Å². The van der Waals surface area contributed by atoms with E-state index in [0.717, 1.165) is 34.8 Å². The van der Waals surface area contributed by atoms with E-state index in [1.807, 2.05) is 36.4 Å². The Morgan fingerprint density at radius 2 is 1.68 bits per heavy atom. The number of hydrogen-bond acceptors (Lipinski definition) is 4. The second kappa shape index (κ2) is 12.3. The van der Waals surface area contributed by atoms with Gasteiger partial charge in [-0.1, -0.05) is 31.2 Å². The molecule has 28 heavy (non-hydrogen) atoms. The molecule has 0 amide bonds. The lowest BCUT2D eigenvalue weighted by molar-refractivity contribution is 0.354. The van der Waals surface area contributed by atoms with Gasteiger partial charge in [0.25, 0.3) is 0 Å². The largest absolute Gasteiger partial charge is 0.496 e. The number of benzene rings is 2. The van der Waals surface area contributed by atoms with Gasteiger partial charge in [0.15, 0.2) is 17.5 Å². The maximum atomic E-state index is 6.00. The Labute approximate surface area is 184 Å². The molecule has 0 aliphatic carbocycles. The van der Waals surface area contributed by atoms with E-state index in [2.05, 4.69) is 23.3 Å². The average Bonchev–Trinajstić information content (AvgIpc) is 2.71.